The van der Waals surface area contributed by atoms with Crippen LogP contribution in [0.4, 0.5) is 0 Å². The fourth-order valence-electron chi connectivity index (χ4n) is 1.87. The summed E-state index contributed by atoms with van der Waals surface area (Å²) >= 11 is 11.8. The summed E-state index contributed by atoms with van der Waals surface area (Å²) < 4.78 is 16.2. The third-order valence-corrected chi connectivity index (χ3v) is 3.70. The zero-order valence-electron chi connectivity index (χ0n) is 10.7. The van der Waals surface area contributed by atoms with E-state index in [4.69, 9.17) is 37.4 Å². The number of hydrogen-bond donors (Lipinski definition) is 0. The molecule has 1 aliphatic rings. The molecular weight excluding hydrogens is 315 g/mol. The van der Waals surface area contributed by atoms with Crippen molar-refractivity contribution in [2.45, 2.75) is 6.10 Å². The fraction of sp³-hybridized carbons (Fsp3) is 0.133. The van der Waals surface area contributed by atoms with Gasteiger partial charge < -0.3 is 14.2 Å². The van der Waals surface area contributed by atoms with Gasteiger partial charge in [-0.1, -0.05) is 41.4 Å². The lowest BCUT2D eigenvalue weighted by Crippen LogP contribution is -2.39. The predicted molar refractivity (Wildman–Crippen MR) is 78.5 cm³/mol. The van der Waals surface area contributed by atoms with E-state index in [2.05, 4.69) is 0 Å². The van der Waals surface area contributed by atoms with Gasteiger partial charge >= 0.3 is 5.97 Å². The second-order valence-corrected chi connectivity index (χ2v) is 5.12. The summed E-state index contributed by atoms with van der Waals surface area (Å²) in [6, 6.07) is 11.9. The third kappa shape index (κ3) is 2.91. The molecule has 0 spiro atoms. The molecule has 1 aliphatic heterocycles. The van der Waals surface area contributed by atoms with E-state index in [-0.39, 0.29) is 17.4 Å². The molecule has 0 N–H and O–H groups in total. The molecule has 0 bridgehead atoms. The number of para-hydroxylation sites is 2. The Balaban J connectivity index is 1.74. The highest BCUT2D eigenvalue weighted by atomic mass is 35.5. The van der Waals surface area contributed by atoms with Crippen LogP contribution in [0.2, 0.25) is 10.0 Å². The Kier molecular flexibility index (Phi) is 3.90. The van der Waals surface area contributed by atoms with Gasteiger partial charge in [0, 0.05) is 0 Å². The zero-order valence-corrected chi connectivity index (χ0v) is 12.2. The van der Waals surface area contributed by atoms with Gasteiger partial charge in [0.2, 0.25) is 6.10 Å². The first kappa shape index (κ1) is 14.0. The minimum absolute atomic E-state index is 0.0774. The van der Waals surface area contributed by atoms with E-state index in [1.54, 1.807) is 36.4 Å². The van der Waals surface area contributed by atoms with Crippen molar-refractivity contribution >= 4 is 29.2 Å². The topological polar surface area (TPSA) is 44.8 Å². The highest BCUT2D eigenvalue weighted by Gasteiger charge is 2.29. The van der Waals surface area contributed by atoms with Gasteiger partial charge in [-0.2, -0.15) is 0 Å². The summed E-state index contributed by atoms with van der Waals surface area (Å²) in [6.45, 7) is 0.0774. The van der Waals surface area contributed by atoms with Gasteiger partial charge in [0.15, 0.2) is 17.2 Å². The number of hydrogen-bond acceptors (Lipinski definition) is 4. The molecule has 0 aromatic heterocycles. The summed E-state index contributed by atoms with van der Waals surface area (Å²) in [5.41, 5.74) is 0. The molecule has 108 valence electrons. The summed E-state index contributed by atoms with van der Waals surface area (Å²) in [4.78, 5) is 12.1. The molecule has 0 amide bonds. The van der Waals surface area contributed by atoms with Crippen LogP contribution in [0.25, 0.3) is 0 Å². The summed E-state index contributed by atoms with van der Waals surface area (Å²) in [5, 5.41) is 0.498. The van der Waals surface area contributed by atoms with Crippen LogP contribution in [0.15, 0.2) is 42.5 Å². The molecule has 0 saturated carbocycles. The number of rotatable bonds is 2. The number of esters is 1. The maximum atomic E-state index is 12.1. The second-order valence-electron chi connectivity index (χ2n) is 4.34. The molecule has 3 rings (SSSR count). The molecule has 4 nitrogen and oxygen atoms in total. The van der Waals surface area contributed by atoms with Gasteiger partial charge in [0.25, 0.3) is 0 Å². The lowest BCUT2D eigenvalue weighted by molar-refractivity contribution is -0.144. The quantitative estimate of drug-likeness (QED) is 0.623. The van der Waals surface area contributed by atoms with Crippen LogP contribution in [-0.2, 0) is 4.79 Å². The van der Waals surface area contributed by atoms with Crippen LogP contribution in [0.1, 0.15) is 0 Å². The summed E-state index contributed by atoms with van der Waals surface area (Å²) in [7, 11) is 0. The van der Waals surface area contributed by atoms with E-state index in [1.807, 2.05) is 6.07 Å². The SMILES string of the molecule is O=C(Oc1cccc(Cl)c1Cl)[C@@H]1COc2ccccc2O1. The smallest absolute Gasteiger partial charge is 0.356 e. The first-order valence-electron chi connectivity index (χ1n) is 6.19. The molecular formula is C15H10Cl2O4. The van der Waals surface area contributed by atoms with Crippen LogP contribution in [0.3, 0.4) is 0 Å². The Bertz CT molecular complexity index is 687. The second kappa shape index (κ2) is 5.84. The standard InChI is InChI=1S/C15H10Cl2O4/c16-9-4-3-7-12(14(9)17)21-15(18)13-8-19-10-5-1-2-6-11(10)20-13/h1-7,13H,8H2/t13-/m0/s1. The van der Waals surface area contributed by atoms with E-state index in [0.717, 1.165) is 0 Å². The molecule has 6 heteroatoms. The number of halogens is 2. The third-order valence-electron chi connectivity index (χ3n) is 2.90. The average molecular weight is 325 g/mol. The minimum Gasteiger partial charge on any atom is -0.485 e. The van der Waals surface area contributed by atoms with Crippen molar-refractivity contribution in [2.24, 2.45) is 0 Å². The molecule has 0 radical (unpaired) electrons. The lowest BCUT2D eigenvalue weighted by Gasteiger charge is -2.24. The molecule has 2 aromatic rings. The maximum absolute atomic E-state index is 12.1. The van der Waals surface area contributed by atoms with Crippen molar-refractivity contribution in [1.82, 2.24) is 0 Å². The molecule has 0 aliphatic carbocycles. The molecule has 0 fully saturated rings. The van der Waals surface area contributed by atoms with E-state index in [0.29, 0.717) is 16.5 Å². The van der Waals surface area contributed by atoms with Gasteiger partial charge in [0.1, 0.15) is 11.6 Å². The van der Waals surface area contributed by atoms with E-state index >= 15 is 0 Å². The van der Waals surface area contributed by atoms with Crippen molar-refractivity contribution in [3.05, 3.63) is 52.5 Å². The number of fused-ring (bicyclic) bond motifs is 1. The van der Waals surface area contributed by atoms with Crippen LogP contribution < -0.4 is 14.2 Å². The average Bonchev–Trinajstić information content (AvgIpc) is 2.51. The van der Waals surface area contributed by atoms with Gasteiger partial charge in [0.05, 0.1) is 5.02 Å². The van der Waals surface area contributed by atoms with Gasteiger partial charge in [-0.15, -0.1) is 0 Å². The van der Waals surface area contributed by atoms with Crippen molar-refractivity contribution < 1.29 is 19.0 Å². The summed E-state index contributed by atoms with van der Waals surface area (Å²) in [5.74, 6) is 0.704. The molecule has 1 atom stereocenters. The van der Waals surface area contributed by atoms with Crippen molar-refractivity contribution in [2.75, 3.05) is 6.61 Å². The number of ether oxygens (including phenoxy) is 3. The molecule has 1 heterocycles. The molecule has 21 heavy (non-hydrogen) atoms. The van der Waals surface area contributed by atoms with Gasteiger partial charge in [-0.3, -0.25) is 0 Å². The fourth-order valence-corrected chi connectivity index (χ4v) is 2.20. The molecule has 0 saturated heterocycles. The normalized spacial score (nSPS) is 16.4. The monoisotopic (exact) mass is 324 g/mol. The lowest BCUT2D eigenvalue weighted by atomic mass is 10.2. The highest BCUT2D eigenvalue weighted by Crippen LogP contribution is 2.33. The molecule has 0 unspecified atom stereocenters. The first-order valence-corrected chi connectivity index (χ1v) is 6.95. The summed E-state index contributed by atoms with van der Waals surface area (Å²) in [6.07, 6.45) is -0.852. The van der Waals surface area contributed by atoms with Crippen LogP contribution >= 0.6 is 23.2 Å². The largest absolute Gasteiger partial charge is 0.485 e. The minimum atomic E-state index is -0.852. The predicted octanol–water partition coefficient (Wildman–Crippen LogP) is 3.74. The number of carbonyl (C=O) groups excluding carboxylic acids is 1. The zero-order chi connectivity index (χ0) is 14.8. The number of benzene rings is 2. The molecule has 2 aromatic carbocycles. The van der Waals surface area contributed by atoms with E-state index in [9.17, 15) is 4.79 Å². The van der Waals surface area contributed by atoms with Crippen LogP contribution in [0, 0.1) is 0 Å². The Labute approximate surface area is 131 Å². The van der Waals surface area contributed by atoms with E-state index in [1.165, 1.54) is 0 Å². The van der Waals surface area contributed by atoms with Gasteiger partial charge in [-0.25, -0.2) is 4.79 Å². The van der Waals surface area contributed by atoms with Crippen molar-refractivity contribution in [1.29, 1.82) is 0 Å². The van der Waals surface area contributed by atoms with E-state index < -0.39 is 12.1 Å². The van der Waals surface area contributed by atoms with Crippen LogP contribution in [-0.4, -0.2) is 18.7 Å². The Morgan fingerprint density at radius 3 is 2.67 bits per heavy atom. The van der Waals surface area contributed by atoms with Gasteiger partial charge in [-0.05, 0) is 24.3 Å². The Hall–Kier alpha value is -1.91. The van der Waals surface area contributed by atoms with Crippen molar-refractivity contribution in [3.8, 4) is 17.2 Å². The number of carbonyl (C=O) groups is 1. The highest BCUT2D eigenvalue weighted by molar-refractivity contribution is 6.43. The Morgan fingerprint density at radius 2 is 1.86 bits per heavy atom. The first-order chi connectivity index (χ1) is 10.1. The van der Waals surface area contributed by atoms with Crippen molar-refractivity contribution in [3.63, 3.8) is 0 Å². The van der Waals surface area contributed by atoms with Crippen LogP contribution in [0.5, 0.6) is 17.2 Å². The maximum Gasteiger partial charge on any atom is 0.356 e. The Morgan fingerprint density at radius 1 is 1.10 bits per heavy atom.